The molecule has 0 saturated carbocycles. The molecule has 0 aliphatic rings. The highest BCUT2D eigenvalue weighted by Crippen LogP contribution is 2.27. The van der Waals surface area contributed by atoms with E-state index in [-0.39, 0.29) is 6.61 Å². The van der Waals surface area contributed by atoms with Crippen LogP contribution in [0.5, 0.6) is 11.5 Å². The minimum atomic E-state index is -0.944. The number of carbonyl (C=O) groups excluding carboxylic acids is 2. The molecule has 0 fully saturated rings. The number of nitrogens with zero attached hydrogens (tertiary/aromatic N) is 1. The maximum absolute atomic E-state index is 12.1. The Hall–Kier alpha value is -3.53. The summed E-state index contributed by atoms with van der Waals surface area (Å²) < 4.78 is 10.5. The van der Waals surface area contributed by atoms with Crippen LogP contribution in [0.1, 0.15) is 17.2 Å². The zero-order chi connectivity index (χ0) is 18.2. The lowest BCUT2D eigenvalue weighted by molar-refractivity contribution is -0.128. The number of primary amides is 1. The molecule has 0 bridgehead atoms. The van der Waals surface area contributed by atoms with Gasteiger partial charge in [-0.05, 0) is 17.7 Å². The van der Waals surface area contributed by atoms with Gasteiger partial charge in [-0.3, -0.25) is 9.59 Å². The number of methoxy groups -OCH3 is 1. The summed E-state index contributed by atoms with van der Waals surface area (Å²) in [5, 5.41) is 11.4. The minimum Gasteiger partial charge on any atom is -0.493 e. The van der Waals surface area contributed by atoms with Crippen molar-refractivity contribution in [1.29, 1.82) is 5.26 Å². The Morgan fingerprint density at radius 1 is 1.20 bits per heavy atom. The number of ether oxygens (including phenoxy) is 2. The molecule has 2 amide bonds. The van der Waals surface area contributed by atoms with Gasteiger partial charge in [0.15, 0.2) is 18.1 Å². The molecule has 0 aliphatic heterocycles. The summed E-state index contributed by atoms with van der Waals surface area (Å²) in [5.74, 6) is -0.539. The molecule has 7 heteroatoms. The van der Waals surface area contributed by atoms with E-state index < -0.39 is 17.9 Å². The summed E-state index contributed by atoms with van der Waals surface area (Å²) in [6.07, 6.45) is 0. The molecule has 2 aromatic carbocycles. The number of carbonyl (C=O) groups is 2. The molecule has 0 saturated heterocycles. The third-order valence-electron chi connectivity index (χ3n) is 3.37. The third-order valence-corrected chi connectivity index (χ3v) is 3.37. The van der Waals surface area contributed by atoms with E-state index in [9.17, 15) is 9.59 Å². The Bertz CT molecular complexity index is 800. The highest BCUT2D eigenvalue weighted by Gasteiger charge is 2.20. The Morgan fingerprint density at radius 3 is 2.52 bits per heavy atom. The van der Waals surface area contributed by atoms with Gasteiger partial charge >= 0.3 is 0 Å². The van der Waals surface area contributed by atoms with E-state index in [1.54, 1.807) is 36.4 Å². The van der Waals surface area contributed by atoms with Gasteiger partial charge in [-0.15, -0.1) is 0 Å². The highest BCUT2D eigenvalue weighted by atomic mass is 16.5. The van der Waals surface area contributed by atoms with E-state index in [1.807, 2.05) is 6.07 Å². The second-order valence-corrected chi connectivity index (χ2v) is 5.08. The van der Waals surface area contributed by atoms with Gasteiger partial charge < -0.3 is 20.5 Å². The first-order chi connectivity index (χ1) is 12.0. The van der Waals surface area contributed by atoms with Crippen LogP contribution in [0.4, 0.5) is 0 Å². The summed E-state index contributed by atoms with van der Waals surface area (Å²) in [4.78, 5) is 23.7. The summed E-state index contributed by atoms with van der Waals surface area (Å²) in [5.41, 5.74) is 6.35. The van der Waals surface area contributed by atoms with Gasteiger partial charge in [0.1, 0.15) is 6.04 Å². The monoisotopic (exact) mass is 339 g/mol. The average Bonchev–Trinajstić information content (AvgIpc) is 2.64. The first-order valence-corrected chi connectivity index (χ1v) is 7.39. The molecule has 2 rings (SSSR count). The molecular weight excluding hydrogens is 322 g/mol. The first-order valence-electron chi connectivity index (χ1n) is 7.39. The normalized spacial score (nSPS) is 11.0. The van der Waals surface area contributed by atoms with Crippen LogP contribution >= 0.6 is 0 Å². The second kappa shape index (κ2) is 8.36. The smallest absolute Gasteiger partial charge is 0.258 e. The van der Waals surface area contributed by atoms with Crippen molar-refractivity contribution >= 4 is 11.8 Å². The lowest BCUT2D eigenvalue weighted by atomic mass is 10.1. The van der Waals surface area contributed by atoms with Crippen molar-refractivity contribution in [3.05, 3.63) is 59.7 Å². The van der Waals surface area contributed by atoms with Crippen molar-refractivity contribution < 1.29 is 19.1 Å². The molecule has 0 heterocycles. The maximum Gasteiger partial charge on any atom is 0.258 e. The molecule has 3 N–H and O–H groups in total. The molecule has 7 nitrogen and oxygen atoms in total. The number of hydrogen-bond donors (Lipinski definition) is 2. The second-order valence-electron chi connectivity index (χ2n) is 5.08. The van der Waals surface area contributed by atoms with Gasteiger partial charge in [0.2, 0.25) is 5.91 Å². The molecule has 0 spiro atoms. The Labute approximate surface area is 145 Å². The van der Waals surface area contributed by atoms with Crippen molar-refractivity contribution in [3.63, 3.8) is 0 Å². The molecule has 0 aromatic heterocycles. The van der Waals surface area contributed by atoms with E-state index in [0.29, 0.717) is 22.6 Å². The predicted octanol–water partition coefficient (Wildman–Crippen LogP) is 1.29. The van der Waals surface area contributed by atoms with Crippen molar-refractivity contribution in [2.24, 2.45) is 5.73 Å². The summed E-state index contributed by atoms with van der Waals surface area (Å²) in [6.45, 7) is -0.334. The lowest BCUT2D eigenvalue weighted by Gasteiger charge is -2.16. The first kappa shape index (κ1) is 17.8. The van der Waals surface area contributed by atoms with E-state index >= 15 is 0 Å². The Kier molecular flexibility index (Phi) is 5.96. The van der Waals surface area contributed by atoms with Crippen LogP contribution in [0.2, 0.25) is 0 Å². The molecule has 2 aromatic rings. The lowest BCUT2D eigenvalue weighted by Crippen LogP contribution is -2.39. The zero-order valence-electron chi connectivity index (χ0n) is 13.6. The van der Waals surface area contributed by atoms with Crippen molar-refractivity contribution in [2.45, 2.75) is 6.04 Å². The molecule has 25 heavy (non-hydrogen) atoms. The summed E-state index contributed by atoms with van der Waals surface area (Å²) in [7, 11) is 1.43. The number of hydrogen-bond acceptors (Lipinski definition) is 5. The van der Waals surface area contributed by atoms with Crippen LogP contribution < -0.4 is 20.5 Å². The van der Waals surface area contributed by atoms with Gasteiger partial charge in [0.05, 0.1) is 18.7 Å². The zero-order valence-corrected chi connectivity index (χ0v) is 13.6. The molecule has 0 aliphatic carbocycles. The van der Waals surface area contributed by atoms with Crippen LogP contribution in [-0.2, 0) is 9.59 Å². The number of nitriles is 1. The fourth-order valence-corrected chi connectivity index (χ4v) is 2.17. The van der Waals surface area contributed by atoms with Gasteiger partial charge in [0.25, 0.3) is 5.91 Å². The maximum atomic E-state index is 12.1. The SMILES string of the molecule is COc1cc(C#N)ccc1OCC(=O)N[C@H](C(N)=O)c1ccccc1. The topological polar surface area (TPSA) is 114 Å². The van der Waals surface area contributed by atoms with E-state index in [4.69, 9.17) is 20.5 Å². The Balaban J connectivity index is 2.03. The minimum absolute atomic E-state index is 0.312. The molecule has 128 valence electrons. The van der Waals surface area contributed by atoms with E-state index in [0.717, 1.165) is 0 Å². The molecule has 0 radical (unpaired) electrons. The number of amides is 2. The molecule has 0 unspecified atom stereocenters. The molecular formula is C18H17N3O4. The average molecular weight is 339 g/mol. The number of nitrogens with two attached hydrogens (primary N) is 1. The summed E-state index contributed by atoms with van der Waals surface area (Å²) in [6, 6.07) is 14.3. The number of nitrogens with one attached hydrogen (secondary N) is 1. The van der Waals surface area contributed by atoms with Crippen LogP contribution in [0, 0.1) is 11.3 Å². The van der Waals surface area contributed by atoms with E-state index in [2.05, 4.69) is 5.32 Å². The fourth-order valence-electron chi connectivity index (χ4n) is 2.17. The number of rotatable bonds is 7. The summed E-state index contributed by atoms with van der Waals surface area (Å²) >= 11 is 0. The highest BCUT2D eigenvalue weighted by molar-refractivity contribution is 5.88. The predicted molar refractivity (Wildman–Crippen MR) is 89.7 cm³/mol. The van der Waals surface area contributed by atoms with Gasteiger partial charge in [-0.25, -0.2) is 0 Å². The van der Waals surface area contributed by atoms with Crippen molar-refractivity contribution in [2.75, 3.05) is 13.7 Å². The van der Waals surface area contributed by atoms with Crippen molar-refractivity contribution in [3.8, 4) is 17.6 Å². The standard InChI is InChI=1S/C18H17N3O4/c1-24-15-9-12(10-19)7-8-14(15)25-11-16(22)21-17(18(20)23)13-5-3-2-4-6-13/h2-9,17H,11H2,1H3,(H2,20,23)(H,21,22)/t17-/m0/s1. The van der Waals surface area contributed by atoms with Crippen LogP contribution in [0.25, 0.3) is 0 Å². The van der Waals surface area contributed by atoms with Crippen LogP contribution in [-0.4, -0.2) is 25.5 Å². The van der Waals surface area contributed by atoms with Gasteiger partial charge in [-0.1, -0.05) is 30.3 Å². The van der Waals surface area contributed by atoms with E-state index in [1.165, 1.54) is 19.2 Å². The quantitative estimate of drug-likeness (QED) is 0.789. The fraction of sp³-hybridized carbons (Fsp3) is 0.167. The Morgan fingerprint density at radius 2 is 1.92 bits per heavy atom. The van der Waals surface area contributed by atoms with Crippen LogP contribution in [0.3, 0.4) is 0 Å². The number of benzene rings is 2. The van der Waals surface area contributed by atoms with Crippen LogP contribution in [0.15, 0.2) is 48.5 Å². The van der Waals surface area contributed by atoms with Crippen molar-refractivity contribution in [1.82, 2.24) is 5.32 Å². The largest absolute Gasteiger partial charge is 0.493 e. The third kappa shape index (κ3) is 4.72. The molecule has 1 atom stereocenters. The van der Waals surface area contributed by atoms with Gasteiger partial charge in [0, 0.05) is 6.07 Å². The van der Waals surface area contributed by atoms with Gasteiger partial charge in [-0.2, -0.15) is 5.26 Å².